The molecule has 1 saturated heterocycles. The Morgan fingerprint density at radius 1 is 1.32 bits per heavy atom. The van der Waals surface area contributed by atoms with Gasteiger partial charge in [-0.1, -0.05) is 30.3 Å². The Labute approximate surface area is 189 Å². The van der Waals surface area contributed by atoms with E-state index in [0.29, 0.717) is 5.03 Å². The summed E-state index contributed by atoms with van der Waals surface area (Å²) in [5, 5.41) is 0.531. The lowest BCUT2D eigenvalue weighted by atomic mass is 10.0. The van der Waals surface area contributed by atoms with Crippen LogP contribution in [0.4, 0.5) is 0 Å². The Morgan fingerprint density at radius 2 is 2.19 bits per heavy atom. The van der Waals surface area contributed by atoms with Crippen molar-refractivity contribution in [2.45, 2.75) is 32.7 Å². The van der Waals surface area contributed by atoms with Gasteiger partial charge in [0.25, 0.3) is 0 Å². The number of imidazole rings is 1. The Kier molecular flexibility index (Phi) is 6.79. The zero-order valence-electron chi connectivity index (χ0n) is 18.4. The molecule has 1 unspecified atom stereocenters. The highest BCUT2D eigenvalue weighted by molar-refractivity contribution is 6.30. The highest BCUT2D eigenvalue weighted by Crippen LogP contribution is 2.28. The molecule has 3 aromatic rings. The minimum Gasteiger partial charge on any atom is -0.464 e. The van der Waals surface area contributed by atoms with Crippen LogP contribution in [0.2, 0.25) is 0 Å². The lowest BCUT2D eigenvalue weighted by Gasteiger charge is -2.13. The third-order valence-corrected chi connectivity index (χ3v) is 6.21. The van der Waals surface area contributed by atoms with Crippen molar-refractivity contribution in [1.29, 1.82) is 0 Å². The Morgan fingerprint density at radius 3 is 2.87 bits per heavy atom. The summed E-state index contributed by atoms with van der Waals surface area (Å²) in [6.45, 7) is 8.95. The molecule has 2 aromatic heterocycles. The average molecular weight is 436 g/mol. The fourth-order valence-corrected chi connectivity index (χ4v) is 4.42. The molecular formula is C26H30ClN3O. The Hall–Kier alpha value is -2.56. The maximum Gasteiger partial charge on any atom is 0.133 e. The van der Waals surface area contributed by atoms with Gasteiger partial charge >= 0.3 is 0 Å². The molecule has 1 fully saturated rings. The molecule has 4 nitrogen and oxygen atoms in total. The van der Waals surface area contributed by atoms with Gasteiger partial charge in [-0.25, -0.2) is 4.98 Å². The molecule has 1 aliphatic heterocycles. The molecule has 0 saturated carbocycles. The Bertz CT molecular complexity index is 1110. The molecule has 0 amide bonds. The summed E-state index contributed by atoms with van der Waals surface area (Å²) in [5.41, 5.74) is 4.38. The van der Waals surface area contributed by atoms with Crippen molar-refractivity contribution in [3.63, 3.8) is 0 Å². The highest BCUT2D eigenvalue weighted by Gasteiger charge is 2.21. The topological polar surface area (TPSA) is 34.2 Å². The van der Waals surface area contributed by atoms with Gasteiger partial charge in [0.05, 0.1) is 17.3 Å². The van der Waals surface area contributed by atoms with E-state index in [0.717, 1.165) is 53.5 Å². The maximum atomic E-state index is 5.95. The number of benzene rings is 1. The molecule has 3 heterocycles. The van der Waals surface area contributed by atoms with E-state index >= 15 is 0 Å². The van der Waals surface area contributed by atoms with E-state index in [-0.39, 0.29) is 0 Å². The van der Waals surface area contributed by atoms with E-state index in [1.165, 1.54) is 25.1 Å². The molecule has 1 aromatic carbocycles. The van der Waals surface area contributed by atoms with Gasteiger partial charge in [0.2, 0.25) is 0 Å². The molecule has 0 spiro atoms. The molecule has 0 radical (unpaired) electrons. The number of allylic oxidation sites excluding steroid dienone is 5. The zero-order chi connectivity index (χ0) is 21.8. The van der Waals surface area contributed by atoms with E-state index in [1.54, 1.807) is 6.26 Å². The quantitative estimate of drug-likeness (QED) is 0.382. The van der Waals surface area contributed by atoms with Gasteiger partial charge in [0.15, 0.2) is 0 Å². The molecule has 4 rings (SSSR count). The first kappa shape index (κ1) is 21.7. The summed E-state index contributed by atoms with van der Waals surface area (Å²) in [5.74, 6) is 2.75. The molecule has 162 valence electrons. The van der Waals surface area contributed by atoms with Crippen LogP contribution in [0.1, 0.15) is 25.6 Å². The molecule has 0 aliphatic carbocycles. The number of halogens is 1. The predicted molar refractivity (Wildman–Crippen MR) is 129 cm³/mol. The summed E-state index contributed by atoms with van der Waals surface area (Å²) in [7, 11) is 2.21. The minimum absolute atomic E-state index is 0.531. The first-order valence-electron chi connectivity index (χ1n) is 10.9. The van der Waals surface area contributed by atoms with Crippen LogP contribution in [0.3, 0.4) is 0 Å². The number of nitrogens with zero attached hydrogens (tertiary/aromatic N) is 3. The minimum atomic E-state index is 0.531. The second kappa shape index (κ2) is 9.71. The van der Waals surface area contributed by atoms with Crippen LogP contribution in [0.5, 0.6) is 0 Å². The van der Waals surface area contributed by atoms with Gasteiger partial charge in [0, 0.05) is 30.1 Å². The zero-order valence-corrected chi connectivity index (χ0v) is 19.1. The van der Waals surface area contributed by atoms with E-state index in [1.807, 2.05) is 24.3 Å². The third-order valence-electron chi connectivity index (χ3n) is 6.09. The van der Waals surface area contributed by atoms with Gasteiger partial charge in [-0.2, -0.15) is 0 Å². The summed E-state index contributed by atoms with van der Waals surface area (Å²) in [6.07, 6.45) is 11.1. The molecule has 1 atom stereocenters. The van der Waals surface area contributed by atoms with Crippen LogP contribution < -0.4 is 0 Å². The first-order valence-corrected chi connectivity index (χ1v) is 11.3. The summed E-state index contributed by atoms with van der Waals surface area (Å²) < 4.78 is 7.93. The summed E-state index contributed by atoms with van der Waals surface area (Å²) in [4.78, 5) is 7.48. The Balaban J connectivity index is 1.66. The van der Waals surface area contributed by atoms with Crippen molar-refractivity contribution < 1.29 is 4.42 Å². The fourth-order valence-electron chi connectivity index (χ4n) is 4.36. The van der Waals surface area contributed by atoms with E-state index in [4.69, 9.17) is 21.0 Å². The predicted octanol–water partition coefficient (Wildman–Crippen LogP) is 6.44. The van der Waals surface area contributed by atoms with Gasteiger partial charge < -0.3 is 13.9 Å². The molecule has 1 aliphatic rings. The van der Waals surface area contributed by atoms with Crippen molar-refractivity contribution in [1.82, 2.24) is 14.5 Å². The SMILES string of the molecule is C=C(Cl)/C=C\C(=C/C)Cn1c(CCC2CCN(C)C2)nc2cc(-c3ccco3)ccc21. The average Bonchev–Trinajstić information content (AvgIpc) is 3.49. The van der Waals surface area contributed by atoms with Crippen LogP contribution in [-0.2, 0) is 13.0 Å². The standard InChI is InChI=1S/C26H30ClN3O/c1-4-20(8-7-19(2)27)18-30-24-11-10-22(25-6-5-15-31-25)16-23(24)28-26(30)12-9-21-13-14-29(3)17-21/h4-8,10-11,15-16,21H,2,9,12-14,17-18H2,1,3H3/b8-7-,20-4+. The van der Waals surface area contributed by atoms with Gasteiger partial charge in [-0.15, -0.1) is 0 Å². The monoisotopic (exact) mass is 435 g/mol. The summed E-state index contributed by atoms with van der Waals surface area (Å²) >= 11 is 5.95. The van der Waals surface area contributed by atoms with Crippen LogP contribution >= 0.6 is 11.6 Å². The number of aromatic nitrogens is 2. The fraction of sp³-hybridized carbons (Fsp3) is 0.346. The van der Waals surface area contributed by atoms with Crippen molar-refractivity contribution in [3.8, 4) is 11.3 Å². The number of furan rings is 1. The van der Waals surface area contributed by atoms with E-state index < -0.39 is 0 Å². The van der Waals surface area contributed by atoms with Gasteiger partial charge in [-0.3, -0.25) is 0 Å². The molecule has 31 heavy (non-hydrogen) atoms. The molecular weight excluding hydrogens is 406 g/mol. The number of fused-ring (bicyclic) bond motifs is 1. The molecule has 0 N–H and O–H groups in total. The van der Waals surface area contributed by atoms with Crippen LogP contribution in [0, 0.1) is 5.92 Å². The maximum absolute atomic E-state index is 5.95. The van der Waals surface area contributed by atoms with Gasteiger partial charge in [0.1, 0.15) is 11.6 Å². The van der Waals surface area contributed by atoms with Crippen molar-refractivity contribution in [2.24, 2.45) is 5.92 Å². The van der Waals surface area contributed by atoms with Gasteiger partial charge in [-0.05, 0) is 81.3 Å². The number of hydrogen-bond donors (Lipinski definition) is 0. The lowest BCUT2D eigenvalue weighted by molar-refractivity contribution is 0.386. The number of rotatable bonds is 8. The smallest absolute Gasteiger partial charge is 0.133 e. The normalized spacial score (nSPS) is 17.9. The second-order valence-corrected chi connectivity index (χ2v) is 8.88. The molecule has 5 heteroatoms. The number of aryl methyl sites for hydroxylation is 1. The van der Waals surface area contributed by atoms with Crippen LogP contribution in [0.15, 0.2) is 76.4 Å². The third kappa shape index (κ3) is 5.20. The number of hydrogen-bond acceptors (Lipinski definition) is 3. The van der Waals surface area contributed by atoms with Crippen molar-refractivity contribution in [2.75, 3.05) is 20.1 Å². The lowest BCUT2D eigenvalue weighted by Crippen LogP contribution is -2.15. The van der Waals surface area contributed by atoms with Crippen molar-refractivity contribution in [3.05, 3.63) is 77.8 Å². The van der Waals surface area contributed by atoms with E-state index in [9.17, 15) is 0 Å². The van der Waals surface area contributed by atoms with Crippen LogP contribution in [-0.4, -0.2) is 34.6 Å². The summed E-state index contributed by atoms with van der Waals surface area (Å²) in [6, 6.07) is 10.3. The highest BCUT2D eigenvalue weighted by atomic mass is 35.5. The second-order valence-electron chi connectivity index (χ2n) is 8.39. The largest absolute Gasteiger partial charge is 0.464 e. The van der Waals surface area contributed by atoms with E-state index in [2.05, 4.69) is 54.3 Å². The molecule has 0 bridgehead atoms. The first-order chi connectivity index (χ1) is 15.0. The van der Waals surface area contributed by atoms with Crippen molar-refractivity contribution >= 4 is 22.6 Å². The van der Waals surface area contributed by atoms with Crippen LogP contribution in [0.25, 0.3) is 22.4 Å². The number of likely N-dealkylation sites (tertiary alicyclic amines) is 1.